The molecule has 2 aliphatic carbocycles. The van der Waals surface area contributed by atoms with Crippen molar-refractivity contribution < 1.29 is 27.0 Å². The highest BCUT2D eigenvalue weighted by Crippen LogP contribution is 2.42. The van der Waals surface area contributed by atoms with Gasteiger partial charge in [-0.05, 0) is 81.3 Å². The number of hydrogen-bond donors (Lipinski definition) is 0. The molecule has 0 heterocycles. The maximum Gasteiger partial charge on any atom is 0.419 e. The van der Waals surface area contributed by atoms with Gasteiger partial charge in [0.15, 0.2) is 11.5 Å². The molecule has 0 atom stereocenters. The van der Waals surface area contributed by atoms with Crippen LogP contribution in [0.2, 0.25) is 0 Å². The first kappa shape index (κ1) is 24.9. The summed E-state index contributed by atoms with van der Waals surface area (Å²) in [6, 6.07) is 2.06. The number of hydrogen-bond acceptors (Lipinski definition) is 2. The SMILES string of the molecule is CCCC1CCC(C2CCC(C=CC(F)(F)Oc3ccc(OCC)c(F)c3F)CC2)CC1. The van der Waals surface area contributed by atoms with Crippen LogP contribution in [0.3, 0.4) is 0 Å². The maximum atomic E-state index is 14.3. The van der Waals surface area contributed by atoms with Crippen LogP contribution in [-0.4, -0.2) is 12.7 Å². The molecular formula is C26H36F4O2. The summed E-state index contributed by atoms with van der Waals surface area (Å²) in [6.07, 6.45) is 10.3. The van der Waals surface area contributed by atoms with Crippen molar-refractivity contribution in [2.75, 3.05) is 6.61 Å². The predicted octanol–water partition coefficient (Wildman–Crippen LogP) is 8.30. The summed E-state index contributed by atoms with van der Waals surface area (Å²) in [4.78, 5) is 0. The molecule has 0 unspecified atom stereocenters. The summed E-state index contributed by atoms with van der Waals surface area (Å²) >= 11 is 0. The van der Waals surface area contributed by atoms with Gasteiger partial charge in [0.25, 0.3) is 0 Å². The van der Waals surface area contributed by atoms with Gasteiger partial charge in [-0.1, -0.05) is 38.7 Å². The highest BCUT2D eigenvalue weighted by Gasteiger charge is 2.33. The Labute approximate surface area is 189 Å². The minimum absolute atomic E-state index is 0.0686. The molecule has 2 nitrogen and oxygen atoms in total. The third kappa shape index (κ3) is 6.64. The molecule has 180 valence electrons. The lowest BCUT2D eigenvalue weighted by atomic mass is 9.69. The lowest BCUT2D eigenvalue weighted by molar-refractivity contribution is -0.134. The van der Waals surface area contributed by atoms with E-state index in [1.54, 1.807) is 6.92 Å². The molecule has 3 rings (SSSR count). The highest BCUT2D eigenvalue weighted by atomic mass is 19.3. The van der Waals surface area contributed by atoms with Crippen molar-refractivity contribution in [2.24, 2.45) is 23.7 Å². The van der Waals surface area contributed by atoms with Crippen molar-refractivity contribution in [3.63, 3.8) is 0 Å². The topological polar surface area (TPSA) is 18.5 Å². The standard InChI is InChI=1S/C26H36F4O2/c1-3-5-18-6-10-20(11-7-18)21-12-8-19(9-13-21)16-17-26(29,30)32-23-15-14-22(31-4-2)24(27)25(23)28/h14-21H,3-13H2,1-2H3. The van der Waals surface area contributed by atoms with Crippen LogP contribution >= 0.6 is 0 Å². The Kier molecular flexibility index (Phi) is 8.89. The molecule has 2 saturated carbocycles. The lowest BCUT2D eigenvalue weighted by Gasteiger charge is -2.37. The van der Waals surface area contributed by atoms with Crippen molar-refractivity contribution in [3.8, 4) is 11.5 Å². The summed E-state index contributed by atoms with van der Waals surface area (Å²) in [5.74, 6) is -1.50. The predicted molar refractivity (Wildman–Crippen MR) is 118 cm³/mol. The molecule has 0 bridgehead atoms. The molecule has 1 aromatic carbocycles. The molecule has 0 N–H and O–H groups in total. The van der Waals surface area contributed by atoms with Gasteiger partial charge in [-0.25, -0.2) is 0 Å². The summed E-state index contributed by atoms with van der Waals surface area (Å²) in [5.41, 5.74) is 0. The van der Waals surface area contributed by atoms with Gasteiger partial charge in [0.2, 0.25) is 11.6 Å². The third-order valence-corrected chi connectivity index (χ3v) is 7.19. The molecule has 1 aromatic rings. The first-order valence-electron chi connectivity index (χ1n) is 12.2. The average molecular weight is 457 g/mol. The molecule has 0 saturated heterocycles. The van der Waals surface area contributed by atoms with E-state index >= 15 is 0 Å². The fourth-order valence-corrected chi connectivity index (χ4v) is 5.45. The number of alkyl halides is 2. The summed E-state index contributed by atoms with van der Waals surface area (Å²) in [6.45, 7) is 4.01. The van der Waals surface area contributed by atoms with Crippen LogP contribution in [0.15, 0.2) is 24.3 Å². The van der Waals surface area contributed by atoms with Crippen LogP contribution in [0.4, 0.5) is 17.6 Å². The van der Waals surface area contributed by atoms with Gasteiger partial charge >= 0.3 is 6.11 Å². The second-order valence-corrected chi connectivity index (χ2v) is 9.39. The molecule has 2 fully saturated rings. The molecule has 6 heteroatoms. The maximum absolute atomic E-state index is 14.3. The van der Waals surface area contributed by atoms with Crippen LogP contribution in [0.1, 0.15) is 78.1 Å². The monoisotopic (exact) mass is 456 g/mol. The zero-order valence-corrected chi connectivity index (χ0v) is 19.2. The van der Waals surface area contributed by atoms with Crippen molar-refractivity contribution >= 4 is 0 Å². The van der Waals surface area contributed by atoms with E-state index in [4.69, 9.17) is 4.74 Å². The average Bonchev–Trinajstić information content (AvgIpc) is 2.79. The van der Waals surface area contributed by atoms with Gasteiger partial charge in [-0.3, -0.25) is 0 Å². The first-order valence-corrected chi connectivity index (χ1v) is 12.2. The highest BCUT2D eigenvalue weighted by molar-refractivity contribution is 5.35. The van der Waals surface area contributed by atoms with E-state index in [1.165, 1.54) is 44.6 Å². The molecular weight excluding hydrogens is 420 g/mol. The third-order valence-electron chi connectivity index (χ3n) is 7.19. The van der Waals surface area contributed by atoms with Crippen molar-refractivity contribution in [1.29, 1.82) is 0 Å². The van der Waals surface area contributed by atoms with E-state index < -0.39 is 23.5 Å². The molecule has 0 amide bonds. The Balaban J connectivity index is 1.49. The Hall–Kier alpha value is -1.72. The van der Waals surface area contributed by atoms with E-state index in [9.17, 15) is 17.6 Å². The molecule has 0 aliphatic heterocycles. The normalized spacial score (nSPS) is 26.9. The van der Waals surface area contributed by atoms with Gasteiger partial charge in [0.05, 0.1) is 6.61 Å². The molecule has 0 aromatic heterocycles. The minimum atomic E-state index is -3.71. The number of halogens is 4. The van der Waals surface area contributed by atoms with Crippen LogP contribution in [0.25, 0.3) is 0 Å². The zero-order valence-electron chi connectivity index (χ0n) is 19.2. The second kappa shape index (κ2) is 11.4. The van der Waals surface area contributed by atoms with E-state index in [0.29, 0.717) is 12.0 Å². The van der Waals surface area contributed by atoms with E-state index in [0.717, 1.165) is 49.7 Å². The summed E-state index contributed by atoms with van der Waals surface area (Å²) in [7, 11) is 0. The fourth-order valence-electron chi connectivity index (χ4n) is 5.45. The van der Waals surface area contributed by atoms with Gasteiger partial charge in [0.1, 0.15) is 0 Å². The number of benzene rings is 1. The number of rotatable bonds is 9. The van der Waals surface area contributed by atoms with Crippen molar-refractivity contribution in [2.45, 2.75) is 84.2 Å². The Morgan fingerprint density at radius 3 is 2.03 bits per heavy atom. The fraction of sp³-hybridized carbons (Fsp3) is 0.692. The second-order valence-electron chi connectivity index (χ2n) is 9.39. The Bertz CT molecular complexity index is 748. The van der Waals surface area contributed by atoms with E-state index in [2.05, 4.69) is 11.7 Å². The van der Waals surface area contributed by atoms with E-state index in [1.807, 2.05) is 0 Å². The van der Waals surface area contributed by atoms with Crippen LogP contribution in [-0.2, 0) is 0 Å². The van der Waals surface area contributed by atoms with Gasteiger partial charge in [0, 0.05) is 6.08 Å². The summed E-state index contributed by atoms with van der Waals surface area (Å²) in [5, 5.41) is 0. The van der Waals surface area contributed by atoms with Crippen LogP contribution in [0.5, 0.6) is 11.5 Å². The number of ether oxygens (including phenoxy) is 2. The molecule has 0 radical (unpaired) electrons. The first-order chi connectivity index (χ1) is 15.3. The molecule has 32 heavy (non-hydrogen) atoms. The lowest BCUT2D eigenvalue weighted by Crippen LogP contribution is -2.26. The van der Waals surface area contributed by atoms with Crippen molar-refractivity contribution in [1.82, 2.24) is 0 Å². The van der Waals surface area contributed by atoms with Crippen LogP contribution < -0.4 is 9.47 Å². The van der Waals surface area contributed by atoms with E-state index in [-0.39, 0.29) is 18.3 Å². The van der Waals surface area contributed by atoms with Gasteiger partial charge in [-0.15, -0.1) is 0 Å². The smallest absolute Gasteiger partial charge is 0.419 e. The van der Waals surface area contributed by atoms with Crippen LogP contribution in [0, 0.1) is 35.3 Å². The largest absolute Gasteiger partial charge is 0.491 e. The zero-order chi connectivity index (χ0) is 23.1. The number of allylic oxidation sites excluding steroid dienone is 1. The summed E-state index contributed by atoms with van der Waals surface area (Å²) < 4.78 is 65.9. The van der Waals surface area contributed by atoms with Crippen molar-refractivity contribution in [3.05, 3.63) is 35.9 Å². The Morgan fingerprint density at radius 1 is 0.875 bits per heavy atom. The quantitative estimate of drug-likeness (QED) is 0.275. The Morgan fingerprint density at radius 2 is 1.44 bits per heavy atom. The van der Waals surface area contributed by atoms with Gasteiger partial charge < -0.3 is 9.47 Å². The molecule has 0 spiro atoms. The minimum Gasteiger partial charge on any atom is -0.491 e. The van der Waals surface area contributed by atoms with Gasteiger partial charge in [-0.2, -0.15) is 17.6 Å². The molecule has 2 aliphatic rings.